The van der Waals surface area contributed by atoms with Crippen molar-refractivity contribution < 1.29 is 14.3 Å². The molecular formula is C24H28Br2N2O3. The summed E-state index contributed by atoms with van der Waals surface area (Å²) in [4.78, 5) is 27.6. The van der Waals surface area contributed by atoms with Gasteiger partial charge in [0.2, 0.25) is 0 Å². The first-order chi connectivity index (χ1) is 14.6. The molecule has 5 nitrogen and oxygen atoms in total. The molecule has 1 aliphatic heterocycles. The highest BCUT2D eigenvalue weighted by Gasteiger charge is 2.32. The maximum Gasteiger partial charge on any atom is 0.338 e. The van der Waals surface area contributed by atoms with Gasteiger partial charge in [-0.25, -0.2) is 4.79 Å². The molecule has 0 aromatic heterocycles. The lowest BCUT2D eigenvalue weighted by molar-refractivity contribution is 0.0325. The first-order valence-corrected chi connectivity index (χ1v) is 11.9. The number of nitrogens with zero attached hydrogens (tertiary/aromatic N) is 1. The fourth-order valence-electron chi connectivity index (χ4n) is 3.90. The number of hydrogen-bond donors (Lipinski definition) is 1. The van der Waals surface area contributed by atoms with E-state index in [1.807, 2.05) is 59.0 Å². The monoisotopic (exact) mass is 550 g/mol. The Balaban J connectivity index is 1.59. The van der Waals surface area contributed by atoms with Crippen LogP contribution in [0.4, 0.5) is 0 Å². The molecule has 0 bridgehead atoms. The van der Waals surface area contributed by atoms with E-state index in [1.165, 1.54) is 0 Å². The molecule has 2 aromatic rings. The van der Waals surface area contributed by atoms with E-state index in [0.717, 1.165) is 31.2 Å². The Kier molecular flexibility index (Phi) is 7.60. The van der Waals surface area contributed by atoms with Gasteiger partial charge in [-0.2, -0.15) is 0 Å². The number of benzene rings is 2. The van der Waals surface area contributed by atoms with Gasteiger partial charge in [-0.05, 0) is 81.3 Å². The van der Waals surface area contributed by atoms with Gasteiger partial charge >= 0.3 is 5.97 Å². The summed E-state index contributed by atoms with van der Waals surface area (Å²) < 4.78 is 7.78. The minimum absolute atomic E-state index is 0.0806. The summed E-state index contributed by atoms with van der Waals surface area (Å²) in [6, 6.07) is 7.79. The third-order valence-corrected chi connectivity index (χ3v) is 7.61. The molecule has 0 unspecified atom stereocenters. The number of halogens is 2. The van der Waals surface area contributed by atoms with E-state index >= 15 is 0 Å². The number of aryl methyl sites for hydroxylation is 4. The van der Waals surface area contributed by atoms with E-state index < -0.39 is 0 Å². The molecule has 0 saturated carbocycles. The minimum Gasteiger partial charge on any atom is -0.457 e. The number of carbonyl (C=O) groups excluding carboxylic acids is 2. The quantitative estimate of drug-likeness (QED) is 0.525. The molecule has 0 aliphatic carbocycles. The molecule has 1 fully saturated rings. The van der Waals surface area contributed by atoms with E-state index in [-0.39, 0.29) is 24.0 Å². The van der Waals surface area contributed by atoms with Crippen molar-refractivity contribution in [1.82, 2.24) is 10.2 Å². The first kappa shape index (κ1) is 24.0. The minimum atomic E-state index is -0.294. The van der Waals surface area contributed by atoms with Crippen molar-refractivity contribution in [2.75, 3.05) is 20.1 Å². The van der Waals surface area contributed by atoms with Crippen LogP contribution in [0.15, 0.2) is 33.2 Å². The molecule has 1 saturated heterocycles. The fourth-order valence-corrected chi connectivity index (χ4v) is 4.82. The van der Waals surface area contributed by atoms with Crippen molar-refractivity contribution in [3.8, 4) is 0 Å². The van der Waals surface area contributed by atoms with Crippen molar-refractivity contribution in [1.29, 1.82) is 0 Å². The first-order valence-electron chi connectivity index (χ1n) is 10.3. The Labute approximate surface area is 200 Å². The predicted molar refractivity (Wildman–Crippen MR) is 130 cm³/mol. The van der Waals surface area contributed by atoms with Crippen molar-refractivity contribution in [3.63, 3.8) is 0 Å². The Hall–Kier alpha value is -1.70. The smallest absolute Gasteiger partial charge is 0.338 e. The van der Waals surface area contributed by atoms with Crippen LogP contribution in [-0.2, 0) is 4.74 Å². The number of nitrogens with one attached hydrogen (secondary N) is 1. The van der Waals surface area contributed by atoms with Gasteiger partial charge in [0.25, 0.3) is 5.91 Å². The van der Waals surface area contributed by atoms with Crippen molar-refractivity contribution in [2.24, 2.45) is 0 Å². The molecule has 0 spiro atoms. The average Bonchev–Trinajstić information content (AvgIpc) is 3.04. The number of rotatable bonds is 5. The number of hydrogen-bond acceptors (Lipinski definition) is 4. The largest absolute Gasteiger partial charge is 0.457 e. The zero-order valence-electron chi connectivity index (χ0n) is 18.5. The number of ether oxygens (including phenoxy) is 1. The van der Waals surface area contributed by atoms with Crippen LogP contribution in [-0.4, -0.2) is 49.1 Å². The average molecular weight is 552 g/mol. The highest BCUT2D eigenvalue weighted by atomic mass is 79.9. The molecule has 1 amide bonds. The number of amides is 1. The lowest BCUT2D eigenvalue weighted by Gasteiger charge is -2.19. The van der Waals surface area contributed by atoms with Gasteiger partial charge in [-0.15, -0.1) is 0 Å². The Morgan fingerprint density at radius 2 is 1.52 bits per heavy atom. The molecular weight excluding hydrogens is 524 g/mol. The lowest BCUT2D eigenvalue weighted by Crippen LogP contribution is -2.38. The van der Waals surface area contributed by atoms with Crippen LogP contribution >= 0.6 is 31.9 Å². The third kappa shape index (κ3) is 5.57. The van der Waals surface area contributed by atoms with Crippen LogP contribution in [0.5, 0.6) is 0 Å². The van der Waals surface area contributed by atoms with Gasteiger partial charge in [-0.3, -0.25) is 9.69 Å². The molecule has 2 atom stereocenters. The maximum atomic E-state index is 12.7. The zero-order valence-corrected chi connectivity index (χ0v) is 21.7. The normalized spacial score (nSPS) is 18.8. The van der Waals surface area contributed by atoms with Gasteiger partial charge in [0.1, 0.15) is 6.10 Å². The van der Waals surface area contributed by atoms with Crippen LogP contribution < -0.4 is 5.32 Å². The third-order valence-electron chi connectivity index (χ3n) is 5.90. The summed E-state index contributed by atoms with van der Waals surface area (Å²) in [5, 5.41) is 3.05. The highest BCUT2D eigenvalue weighted by molar-refractivity contribution is 9.10. The summed E-state index contributed by atoms with van der Waals surface area (Å²) in [5.41, 5.74) is 5.13. The van der Waals surface area contributed by atoms with Gasteiger partial charge < -0.3 is 10.1 Å². The summed E-state index contributed by atoms with van der Waals surface area (Å²) in [5.74, 6) is -0.375. The molecule has 1 N–H and O–H groups in total. The SMILES string of the molecule is Cc1cc(C(=O)NC[C@@H]2C[C@@H](OC(=O)c3cc(C)c(Br)cc3C)CN2C)c(C)cc1Br. The van der Waals surface area contributed by atoms with Crippen LogP contribution in [0.3, 0.4) is 0 Å². The summed E-state index contributed by atoms with van der Waals surface area (Å²) in [6.07, 6.45) is 0.495. The van der Waals surface area contributed by atoms with Gasteiger partial charge in [-0.1, -0.05) is 31.9 Å². The van der Waals surface area contributed by atoms with Crippen molar-refractivity contribution in [2.45, 2.75) is 46.3 Å². The second-order valence-corrected chi connectivity index (χ2v) is 10.1. The van der Waals surface area contributed by atoms with E-state index in [1.54, 1.807) is 0 Å². The number of likely N-dealkylation sites (tertiary alicyclic amines) is 1. The Morgan fingerprint density at radius 3 is 2.13 bits per heavy atom. The molecule has 166 valence electrons. The molecule has 0 radical (unpaired) electrons. The van der Waals surface area contributed by atoms with Crippen molar-refractivity contribution >= 4 is 43.7 Å². The van der Waals surface area contributed by atoms with E-state index in [9.17, 15) is 9.59 Å². The molecule has 7 heteroatoms. The predicted octanol–water partition coefficient (Wildman–Crippen LogP) is 5.10. The molecule has 3 rings (SSSR count). The number of esters is 1. The van der Waals surface area contributed by atoms with Crippen LogP contribution in [0.2, 0.25) is 0 Å². The molecule has 2 aromatic carbocycles. The van der Waals surface area contributed by atoms with Crippen LogP contribution in [0.25, 0.3) is 0 Å². The fraction of sp³-hybridized carbons (Fsp3) is 0.417. The van der Waals surface area contributed by atoms with Crippen molar-refractivity contribution in [3.05, 3.63) is 66.6 Å². The topological polar surface area (TPSA) is 58.6 Å². The second-order valence-electron chi connectivity index (χ2n) is 8.40. The summed E-state index contributed by atoms with van der Waals surface area (Å²) >= 11 is 7.00. The van der Waals surface area contributed by atoms with E-state index in [2.05, 4.69) is 42.1 Å². The summed E-state index contributed by atoms with van der Waals surface area (Å²) in [7, 11) is 1.99. The number of likely N-dealkylation sites (N-methyl/N-ethyl adjacent to an activating group) is 1. The lowest BCUT2D eigenvalue weighted by atomic mass is 10.0. The van der Waals surface area contributed by atoms with Gasteiger partial charge in [0.05, 0.1) is 5.56 Å². The standard InChI is InChI=1S/C24H28Br2N2O3/c1-13-8-21(25)15(3)6-19(13)23(29)27-11-17-10-18(12-28(17)5)31-24(30)20-7-16(4)22(26)9-14(20)2/h6-9,17-18H,10-12H2,1-5H3,(H,27,29)/t17-,18+/m0/s1. The molecule has 1 heterocycles. The second kappa shape index (κ2) is 9.84. The zero-order chi connectivity index (χ0) is 22.9. The molecule has 31 heavy (non-hydrogen) atoms. The molecule has 1 aliphatic rings. The van der Waals surface area contributed by atoms with E-state index in [4.69, 9.17) is 4.74 Å². The van der Waals surface area contributed by atoms with Gasteiger partial charge in [0, 0.05) is 40.1 Å². The van der Waals surface area contributed by atoms with Crippen LogP contribution in [0.1, 0.15) is 49.4 Å². The Morgan fingerprint density at radius 1 is 0.968 bits per heavy atom. The highest BCUT2D eigenvalue weighted by Crippen LogP contribution is 2.25. The number of carbonyl (C=O) groups is 2. The van der Waals surface area contributed by atoms with E-state index in [0.29, 0.717) is 30.6 Å². The van der Waals surface area contributed by atoms with Crippen LogP contribution in [0, 0.1) is 27.7 Å². The Bertz CT molecular complexity index is 1020. The summed E-state index contributed by atoms with van der Waals surface area (Å²) in [6.45, 7) is 8.93. The maximum absolute atomic E-state index is 12.7. The van der Waals surface area contributed by atoms with Gasteiger partial charge in [0.15, 0.2) is 0 Å².